The third kappa shape index (κ3) is 7.39. The van der Waals surface area contributed by atoms with Crippen LogP contribution >= 0.6 is 0 Å². The molecule has 0 saturated heterocycles. The third-order valence-electron chi connectivity index (χ3n) is 2.18. The van der Waals surface area contributed by atoms with Gasteiger partial charge < -0.3 is 0 Å². The quantitative estimate of drug-likeness (QED) is 0.536. The van der Waals surface area contributed by atoms with Gasteiger partial charge in [-0.05, 0) is 12.3 Å². The molecule has 0 fully saturated rings. The Hall–Kier alpha value is -0.510. The topological polar surface area (TPSA) is 23.8 Å². The first-order valence-corrected chi connectivity index (χ1v) is 4.68. The molecule has 64 valence electrons. The summed E-state index contributed by atoms with van der Waals surface area (Å²) in [5.74, 6) is 0.872. The predicted molar refractivity (Wildman–Crippen MR) is 48.2 cm³/mol. The molecule has 0 bridgehead atoms. The van der Waals surface area contributed by atoms with Crippen LogP contribution in [0.3, 0.4) is 0 Å². The minimum absolute atomic E-state index is 0.737. The molecule has 0 radical (unpaired) electrons. The fourth-order valence-corrected chi connectivity index (χ4v) is 1.08. The van der Waals surface area contributed by atoms with Gasteiger partial charge in [0.2, 0.25) is 0 Å². The van der Waals surface area contributed by atoms with Gasteiger partial charge in [0.05, 0.1) is 6.07 Å². The van der Waals surface area contributed by atoms with Crippen molar-refractivity contribution < 1.29 is 0 Å². The van der Waals surface area contributed by atoms with E-state index in [1.807, 2.05) is 0 Å². The summed E-state index contributed by atoms with van der Waals surface area (Å²) in [5.41, 5.74) is 0. The van der Waals surface area contributed by atoms with E-state index >= 15 is 0 Å². The lowest BCUT2D eigenvalue weighted by molar-refractivity contribution is 0.479. The Labute approximate surface area is 70.4 Å². The Morgan fingerprint density at radius 2 is 2.00 bits per heavy atom. The summed E-state index contributed by atoms with van der Waals surface area (Å²) in [4.78, 5) is 0. The molecule has 1 nitrogen and oxygen atoms in total. The second kappa shape index (κ2) is 7.60. The van der Waals surface area contributed by atoms with Crippen molar-refractivity contribution in [3.8, 4) is 6.07 Å². The Morgan fingerprint density at radius 3 is 2.55 bits per heavy atom. The van der Waals surface area contributed by atoms with Crippen LogP contribution in [0.5, 0.6) is 0 Å². The zero-order chi connectivity index (χ0) is 8.53. The summed E-state index contributed by atoms with van der Waals surface area (Å²) in [6, 6.07) is 2.17. The number of rotatable bonds is 6. The number of hydrogen-bond acceptors (Lipinski definition) is 1. The van der Waals surface area contributed by atoms with Gasteiger partial charge in [0.1, 0.15) is 0 Å². The molecule has 0 spiro atoms. The second-order valence-corrected chi connectivity index (χ2v) is 3.27. The van der Waals surface area contributed by atoms with Crippen molar-refractivity contribution in [2.75, 3.05) is 0 Å². The first-order valence-electron chi connectivity index (χ1n) is 4.68. The van der Waals surface area contributed by atoms with Crippen LogP contribution in [0.4, 0.5) is 0 Å². The van der Waals surface area contributed by atoms with Crippen molar-refractivity contribution >= 4 is 0 Å². The Bertz CT molecular complexity index is 113. The standard InChI is InChI=1S/C10H19N/c1-3-10(2)8-6-4-5-7-9-11/h10H,3-8H2,1-2H3. The van der Waals surface area contributed by atoms with Crippen LogP contribution in [0, 0.1) is 17.2 Å². The van der Waals surface area contributed by atoms with E-state index in [1.54, 1.807) is 0 Å². The molecule has 1 heteroatoms. The molecule has 11 heavy (non-hydrogen) atoms. The van der Waals surface area contributed by atoms with E-state index in [1.165, 1.54) is 25.7 Å². The van der Waals surface area contributed by atoms with Gasteiger partial charge in [-0.2, -0.15) is 5.26 Å². The summed E-state index contributed by atoms with van der Waals surface area (Å²) in [6.45, 7) is 4.53. The van der Waals surface area contributed by atoms with Crippen LogP contribution < -0.4 is 0 Å². The van der Waals surface area contributed by atoms with E-state index in [0.717, 1.165) is 18.8 Å². The van der Waals surface area contributed by atoms with Crippen molar-refractivity contribution in [3.05, 3.63) is 0 Å². The molecular weight excluding hydrogens is 134 g/mol. The van der Waals surface area contributed by atoms with Gasteiger partial charge in [0, 0.05) is 6.42 Å². The number of nitriles is 1. The maximum atomic E-state index is 8.27. The molecular formula is C10H19N. The average molecular weight is 153 g/mol. The van der Waals surface area contributed by atoms with E-state index < -0.39 is 0 Å². The summed E-state index contributed by atoms with van der Waals surface area (Å²) in [7, 11) is 0. The van der Waals surface area contributed by atoms with Gasteiger partial charge in [0.25, 0.3) is 0 Å². The lowest BCUT2D eigenvalue weighted by atomic mass is 10.0. The fraction of sp³-hybridized carbons (Fsp3) is 0.900. The highest BCUT2D eigenvalue weighted by Gasteiger charge is 1.97. The van der Waals surface area contributed by atoms with Gasteiger partial charge in [-0.15, -0.1) is 0 Å². The first kappa shape index (κ1) is 10.5. The van der Waals surface area contributed by atoms with Gasteiger partial charge in [-0.25, -0.2) is 0 Å². The Balaban J connectivity index is 2.97. The van der Waals surface area contributed by atoms with Gasteiger partial charge >= 0.3 is 0 Å². The minimum Gasteiger partial charge on any atom is -0.198 e. The Kier molecular flexibility index (Phi) is 7.24. The minimum atomic E-state index is 0.737. The highest BCUT2D eigenvalue weighted by atomic mass is 14.2. The second-order valence-electron chi connectivity index (χ2n) is 3.27. The predicted octanol–water partition coefficient (Wildman–Crippen LogP) is 3.51. The highest BCUT2D eigenvalue weighted by molar-refractivity contribution is 4.67. The van der Waals surface area contributed by atoms with Crippen LogP contribution in [0.15, 0.2) is 0 Å². The largest absolute Gasteiger partial charge is 0.198 e. The lowest BCUT2D eigenvalue weighted by Gasteiger charge is -2.05. The summed E-state index contributed by atoms with van der Waals surface area (Å²) < 4.78 is 0. The molecule has 0 aliphatic heterocycles. The zero-order valence-corrected chi connectivity index (χ0v) is 7.77. The van der Waals surface area contributed by atoms with Crippen molar-refractivity contribution in [3.63, 3.8) is 0 Å². The van der Waals surface area contributed by atoms with E-state index in [2.05, 4.69) is 19.9 Å². The van der Waals surface area contributed by atoms with E-state index in [-0.39, 0.29) is 0 Å². The van der Waals surface area contributed by atoms with E-state index in [4.69, 9.17) is 5.26 Å². The van der Waals surface area contributed by atoms with Crippen molar-refractivity contribution in [1.29, 1.82) is 5.26 Å². The van der Waals surface area contributed by atoms with E-state index in [0.29, 0.717) is 0 Å². The maximum absolute atomic E-state index is 8.27. The fourth-order valence-electron chi connectivity index (χ4n) is 1.08. The Morgan fingerprint density at radius 1 is 1.27 bits per heavy atom. The molecule has 0 aromatic rings. The van der Waals surface area contributed by atoms with Crippen LogP contribution in [-0.2, 0) is 0 Å². The lowest BCUT2D eigenvalue weighted by Crippen LogP contribution is -1.91. The molecule has 0 heterocycles. The maximum Gasteiger partial charge on any atom is 0.0621 e. The highest BCUT2D eigenvalue weighted by Crippen LogP contribution is 2.12. The molecule has 0 aromatic heterocycles. The zero-order valence-electron chi connectivity index (χ0n) is 7.77. The smallest absolute Gasteiger partial charge is 0.0621 e. The van der Waals surface area contributed by atoms with Crippen LogP contribution in [0.1, 0.15) is 52.4 Å². The molecule has 0 aliphatic rings. The SMILES string of the molecule is CCC(C)CCCCCC#N. The van der Waals surface area contributed by atoms with Crippen molar-refractivity contribution in [2.45, 2.75) is 52.4 Å². The molecule has 1 unspecified atom stereocenters. The average Bonchev–Trinajstić information content (AvgIpc) is 2.04. The van der Waals surface area contributed by atoms with E-state index in [9.17, 15) is 0 Å². The molecule has 0 aromatic carbocycles. The van der Waals surface area contributed by atoms with Crippen LogP contribution in [-0.4, -0.2) is 0 Å². The van der Waals surface area contributed by atoms with Crippen LogP contribution in [0.2, 0.25) is 0 Å². The molecule has 0 N–H and O–H groups in total. The molecule has 0 aliphatic carbocycles. The van der Waals surface area contributed by atoms with Crippen molar-refractivity contribution in [2.24, 2.45) is 5.92 Å². The first-order chi connectivity index (χ1) is 5.31. The number of unbranched alkanes of at least 4 members (excludes halogenated alkanes) is 3. The molecule has 1 atom stereocenters. The number of hydrogen-bond donors (Lipinski definition) is 0. The number of nitrogens with zero attached hydrogens (tertiary/aromatic N) is 1. The van der Waals surface area contributed by atoms with Crippen molar-refractivity contribution in [1.82, 2.24) is 0 Å². The third-order valence-corrected chi connectivity index (χ3v) is 2.18. The monoisotopic (exact) mass is 153 g/mol. The van der Waals surface area contributed by atoms with Gasteiger partial charge in [-0.3, -0.25) is 0 Å². The molecule has 0 saturated carbocycles. The normalized spacial score (nSPS) is 12.5. The van der Waals surface area contributed by atoms with Gasteiger partial charge in [-0.1, -0.05) is 39.5 Å². The summed E-state index contributed by atoms with van der Waals surface area (Å²) in [5, 5.41) is 8.27. The van der Waals surface area contributed by atoms with Gasteiger partial charge in [0.15, 0.2) is 0 Å². The molecule has 0 amide bonds. The summed E-state index contributed by atoms with van der Waals surface area (Å²) >= 11 is 0. The molecule has 0 rings (SSSR count). The van der Waals surface area contributed by atoms with Crippen LogP contribution in [0.25, 0.3) is 0 Å². The summed E-state index contributed by atoms with van der Waals surface area (Å²) in [6.07, 6.45) is 6.99.